The summed E-state index contributed by atoms with van der Waals surface area (Å²) in [7, 11) is 0. The first-order valence-electron chi connectivity index (χ1n) is 10.00. The monoisotopic (exact) mass is 420 g/mol. The number of halogens is 2. The van der Waals surface area contributed by atoms with Crippen LogP contribution in [-0.4, -0.2) is 27.2 Å². The summed E-state index contributed by atoms with van der Waals surface area (Å²) in [6, 6.07) is 5.97. The molecule has 0 atom stereocenters. The Bertz CT molecular complexity index is 914. The first kappa shape index (κ1) is 19.7. The summed E-state index contributed by atoms with van der Waals surface area (Å²) in [5, 5.41) is 1.15. The number of aromatic nitrogens is 2. The number of anilines is 2. The molecule has 0 radical (unpaired) electrons. The van der Waals surface area contributed by atoms with Crippen molar-refractivity contribution in [1.82, 2.24) is 14.5 Å². The number of benzene rings is 1. The van der Waals surface area contributed by atoms with Crippen LogP contribution >= 0.6 is 23.2 Å². The fourth-order valence-corrected chi connectivity index (χ4v) is 4.81. The minimum absolute atomic E-state index is 0.0268. The lowest BCUT2D eigenvalue weighted by Gasteiger charge is -2.42. The van der Waals surface area contributed by atoms with Gasteiger partial charge in [-0.1, -0.05) is 48.9 Å². The zero-order valence-electron chi connectivity index (χ0n) is 16.4. The molecule has 4 rings (SSSR count). The molecule has 2 aliphatic rings. The van der Waals surface area contributed by atoms with Gasteiger partial charge in [-0.05, 0) is 44.9 Å². The number of rotatable bonds is 2. The molecular formula is C21H26Cl2N4O. The number of hydrogen-bond donors (Lipinski definition) is 0. The van der Waals surface area contributed by atoms with E-state index in [1.807, 2.05) is 26.0 Å². The number of aryl methyl sites for hydroxylation is 1. The predicted octanol–water partition coefficient (Wildman–Crippen LogP) is 5.26. The van der Waals surface area contributed by atoms with Gasteiger partial charge in [0, 0.05) is 33.0 Å². The average Bonchev–Trinajstić information content (AvgIpc) is 2.94. The fraction of sp³-hybridized carbons (Fsp3) is 0.524. The van der Waals surface area contributed by atoms with E-state index in [4.69, 9.17) is 28.2 Å². The SMILES string of the molecule is Cc1nc2n(c(=O)c1C)CN(C1CCCCCC1)CN2c1cc(Cl)cc(Cl)c1. The second-order valence-electron chi connectivity index (χ2n) is 7.93. The van der Waals surface area contributed by atoms with Gasteiger partial charge in [-0.2, -0.15) is 0 Å². The van der Waals surface area contributed by atoms with Gasteiger partial charge in [0.25, 0.3) is 5.56 Å². The molecule has 0 bridgehead atoms. The molecule has 1 aliphatic carbocycles. The van der Waals surface area contributed by atoms with Crippen LogP contribution < -0.4 is 10.5 Å². The minimum Gasteiger partial charge on any atom is -0.298 e. The molecule has 1 aromatic heterocycles. The van der Waals surface area contributed by atoms with Crippen molar-refractivity contribution >= 4 is 34.8 Å². The van der Waals surface area contributed by atoms with Crippen LogP contribution in [0.1, 0.15) is 49.8 Å². The molecule has 1 fully saturated rings. The van der Waals surface area contributed by atoms with Crippen molar-refractivity contribution in [3.05, 3.63) is 49.9 Å². The standard InChI is InChI=1S/C21H26Cl2N4O/c1-14-15(2)24-21-26(19-10-16(22)9-17(23)11-19)12-25(13-27(21)20(14)28)18-7-5-3-4-6-8-18/h9-11,18H,3-8,12-13H2,1-2H3. The maximum atomic E-state index is 13.1. The summed E-state index contributed by atoms with van der Waals surface area (Å²) < 4.78 is 1.80. The van der Waals surface area contributed by atoms with Crippen molar-refractivity contribution in [3.63, 3.8) is 0 Å². The molecule has 2 aromatic rings. The zero-order chi connectivity index (χ0) is 19.8. The fourth-order valence-electron chi connectivity index (χ4n) is 4.29. The molecular weight excluding hydrogens is 395 g/mol. The Morgan fingerprint density at radius 2 is 1.61 bits per heavy atom. The minimum atomic E-state index is 0.0268. The molecule has 5 nitrogen and oxygen atoms in total. The molecule has 150 valence electrons. The molecule has 28 heavy (non-hydrogen) atoms. The summed E-state index contributed by atoms with van der Waals surface area (Å²) in [5.74, 6) is 0.663. The lowest BCUT2D eigenvalue weighted by Crippen LogP contribution is -2.51. The van der Waals surface area contributed by atoms with Crippen LogP contribution in [0.25, 0.3) is 0 Å². The Hall–Kier alpha value is -1.56. The van der Waals surface area contributed by atoms with E-state index >= 15 is 0 Å². The second kappa shape index (κ2) is 8.05. The summed E-state index contributed by atoms with van der Waals surface area (Å²) in [6.45, 7) is 5.00. The molecule has 0 N–H and O–H groups in total. The van der Waals surface area contributed by atoms with Crippen LogP contribution in [0.5, 0.6) is 0 Å². The van der Waals surface area contributed by atoms with Gasteiger partial charge in [-0.3, -0.25) is 19.2 Å². The Kier molecular flexibility index (Phi) is 5.68. The van der Waals surface area contributed by atoms with E-state index in [1.165, 1.54) is 38.5 Å². The van der Waals surface area contributed by atoms with Gasteiger partial charge in [-0.15, -0.1) is 0 Å². The smallest absolute Gasteiger partial charge is 0.259 e. The lowest BCUT2D eigenvalue weighted by molar-refractivity contribution is 0.123. The molecule has 0 unspecified atom stereocenters. The molecule has 0 saturated heterocycles. The summed E-state index contributed by atoms with van der Waals surface area (Å²) in [4.78, 5) is 22.3. The largest absolute Gasteiger partial charge is 0.298 e. The molecule has 7 heteroatoms. The van der Waals surface area contributed by atoms with Crippen LogP contribution in [0, 0.1) is 13.8 Å². The Morgan fingerprint density at radius 1 is 0.964 bits per heavy atom. The summed E-state index contributed by atoms with van der Waals surface area (Å²) in [6.07, 6.45) is 7.44. The molecule has 1 saturated carbocycles. The predicted molar refractivity (Wildman–Crippen MR) is 115 cm³/mol. The molecule has 0 spiro atoms. The molecule has 1 aromatic carbocycles. The van der Waals surface area contributed by atoms with E-state index < -0.39 is 0 Å². The van der Waals surface area contributed by atoms with Gasteiger partial charge in [0.15, 0.2) is 0 Å². The third kappa shape index (κ3) is 3.80. The van der Waals surface area contributed by atoms with E-state index in [0.29, 0.717) is 40.9 Å². The van der Waals surface area contributed by atoms with Gasteiger partial charge in [0.1, 0.15) is 0 Å². The van der Waals surface area contributed by atoms with Gasteiger partial charge in [0.05, 0.1) is 13.3 Å². The Balaban J connectivity index is 1.81. The maximum absolute atomic E-state index is 13.1. The van der Waals surface area contributed by atoms with E-state index in [0.717, 1.165) is 11.4 Å². The average molecular weight is 421 g/mol. The van der Waals surface area contributed by atoms with Crippen LogP contribution in [0.15, 0.2) is 23.0 Å². The topological polar surface area (TPSA) is 41.4 Å². The van der Waals surface area contributed by atoms with Crippen molar-refractivity contribution < 1.29 is 0 Å². The van der Waals surface area contributed by atoms with Crippen molar-refractivity contribution in [2.24, 2.45) is 0 Å². The van der Waals surface area contributed by atoms with Gasteiger partial charge in [0.2, 0.25) is 5.95 Å². The van der Waals surface area contributed by atoms with E-state index in [2.05, 4.69) is 9.80 Å². The highest BCUT2D eigenvalue weighted by Crippen LogP contribution is 2.34. The first-order chi connectivity index (χ1) is 13.4. The maximum Gasteiger partial charge on any atom is 0.259 e. The van der Waals surface area contributed by atoms with Gasteiger partial charge in [-0.25, -0.2) is 4.98 Å². The third-order valence-corrected chi connectivity index (χ3v) is 6.44. The van der Waals surface area contributed by atoms with Gasteiger partial charge < -0.3 is 0 Å². The summed E-state index contributed by atoms with van der Waals surface area (Å²) >= 11 is 12.6. The van der Waals surface area contributed by atoms with Crippen molar-refractivity contribution in [3.8, 4) is 0 Å². The zero-order valence-corrected chi connectivity index (χ0v) is 17.9. The number of nitrogens with zero attached hydrogens (tertiary/aromatic N) is 4. The van der Waals surface area contributed by atoms with Crippen LogP contribution in [0.4, 0.5) is 11.6 Å². The normalized spacial score (nSPS) is 18.8. The highest BCUT2D eigenvalue weighted by molar-refractivity contribution is 6.35. The second-order valence-corrected chi connectivity index (χ2v) is 8.80. The van der Waals surface area contributed by atoms with Crippen molar-refractivity contribution in [2.75, 3.05) is 11.6 Å². The van der Waals surface area contributed by atoms with Crippen LogP contribution in [0.3, 0.4) is 0 Å². The third-order valence-electron chi connectivity index (χ3n) is 6.01. The molecule has 0 amide bonds. The number of fused-ring (bicyclic) bond motifs is 1. The van der Waals surface area contributed by atoms with E-state index in [9.17, 15) is 4.79 Å². The quantitative estimate of drug-likeness (QED) is 0.621. The van der Waals surface area contributed by atoms with Crippen molar-refractivity contribution in [1.29, 1.82) is 0 Å². The van der Waals surface area contributed by atoms with Gasteiger partial charge >= 0.3 is 0 Å². The highest BCUT2D eigenvalue weighted by Gasteiger charge is 2.31. The first-order valence-corrected chi connectivity index (χ1v) is 10.8. The summed E-state index contributed by atoms with van der Waals surface area (Å²) in [5.41, 5.74) is 2.35. The van der Waals surface area contributed by atoms with E-state index in [1.54, 1.807) is 10.6 Å². The van der Waals surface area contributed by atoms with Crippen molar-refractivity contribution in [2.45, 2.75) is 65.1 Å². The molecule has 2 heterocycles. The number of hydrogen-bond acceptors (Lipinski definition) is 4. The van der Waals surface area contributed by atoms with Crippen LogP contribution in [-0.2, 0) is 6.67 Å². The van der Waals surface area contributed by atoms with E-state index in [-0.39, 0.29) is 5.56 Å². The highest BCUT2D eigenvalue weighted by atomic mass is 35.5. The Labute approximate surface area is 175 Å². The Morgan fingerprint density at radius 3 is 2.25 bits per heavy atom. The lowest BCUT2D eigenvalue weighted by atomic mass is 10.1. The molecule has 1 aliphatic heterocycles. The van der Waals surface area contributed by atoms with Crippen LogP contribution in [0.2, 0.25) is 10.0 Å².